The van der Waals surface area contributed by atoms with E-state index in [2.05, 4.69) is 26.2 Å². The van der Waals surface area contributed by atoms with Crippen LogP contribution in [0.5, 0.6) is 0 Å². The molecule has 2 N–H and O–H groups in total. The van der Waals surface area contributed by atoms with E-state index in [1.165, 1.54) is 0 Å². The third-order valence-corrected chi connectivity index (χ3v) is 4.79. The molecule has 144 valence electrons. The highest BCUT2D eigenvalue weighted by Crippen LogP contribution is 2.37. The third-order valence-electron chi connectivity index (χ3n) is 3.74. The van der Waals surface area contributed by atoms with Gasteiger partial charge in [-0.3, -0.25) is 9.59 Å². The fraction of sp³-hybridized carbons (Fsp3) is 0.400. The molecule has 27 heavy (non-hydrogen) atoms. The van der Waals surface area contributed by atoms with Crippen molar-refractivity contribution in [1.82, 2.24) is 25.5 Å². The van der Waals surface area contributed by atoms with Crippen LogP contribution in [0.25, 0.3) is 0 Å². The number of carbonyl (C=O) groups is 2. The molecule has 1 heterocycles. The zero-order chi connectivity index (χ0) is 19.6. The number of thioether (sulfide) groups is 1. The summed E-state index contributed by atoms with van der Waals surface area (Å²) in [7, 11) is 0. The Morgan fingerprint density at radius 3 is 2.74 bits per heavy atom. The minimum Gasteiger partial charge on any atom is -0.346 e. The van der Waals surface area contributed by atoms with E-state index in [1.54, 1.807) is 11.6 Å². The highest BCUT2D eigenvalue weighted by atomic mass is 32.2. The van der Waals surface area contributed by atoms with Gasteiger partial charge in [0, 0.05) is 0 Å². The van der Waals surface area contributed by atoms with Gasteiger partial charge in [-0.05, 0) is 42.3 Å². The minimum absolute atomic E-state index is 0.259. The number of nitrogens with zero attached hydrogens (tertiary/aromatic N) is 4. The first-order valence-electron chi connectivity index (χ1n) is 8.02. The van der Waals surface area contributed by atoms with E-state index in [4.69, 9.17) is 0 Å². The Bertz CT molecular complexity index is 873. The highest BCUT2D eigenvalue weighted by Gasteiger charge is 2.29. The largest absolute Gasteiger partial charge is 0.346 e. The first-order chi connectivity index (χ1) is 12.9. The first-order valence-corrected chi connectivity index (χ1v) is 8.90. The number of nitrogens with one attached hydrogen (secondary N) is 2. The fourth-order valence-electron chi connectivity index (χ4n) is 2.15. The Kier molecular flexibility index (Phi) is 5.63. The van der Waals surface area contributed by atoms with Gasteiger partial charge >= 0.3 is 0 Å². The topological polar surface area (TPSA) is 102 Å². The molecule has 0 aliphatic heterocycles. The van der Waals surface area contributed by atoms with Crippen LogP contribution in [0, 0.1) is 17.5 Å². The van der Waals surface area contributed by atoms with Crippen molar-refractivity contribution in [3.05, 3.63) is 29.6 Å². The van der Waals surface area contributed by atoms with Gasteiger partial charge in [0.15, 0.2) is 17.5 Å². The normalized spacial score (nSPS) is 14.7. The molecule has 1 aliphatic rings. The number of aromatic nitrogens is 4. The van der Waals surface area contributed by atoms with E-state index in [1.807, 2.05) is 0 Å². The molecule has 0 saturated heterocycles. The van der Waals surface area contributed by atoms with E-state index in [0.29, 0.717) is 11.2 Å². The van der Waals surface area contributed by atoms with Gasteiger partial charge in [0.25, 0.3) is 0 Å². The SMILES string of the molecule is CC(Sc1nnnn1C1CC1)C(=O)NCC(=O)Nc1ccc(F)c(F)c1F. The van der Waals surface area contributed by atoms with Crippen molar-refractivity contribution < 1.29 is 22.8 Å². The lowest BCUT2D eigenvalue weighted by Gasteiger charge is -2.12. The summed E-state index contributed by atoms with van der Waals surface area (Å²) in [6.07, 6.45) is 1.97. The van der Waals surface area contributed by atoms with Crippen LogP contribution in [0.3, 0.4) is 0 Å². The Morgan fingerprint density at radius 1 is 1.30 bits per heavy atom. The van der Waals surface area contributed by atoms with E-state index in [9.17, 15) is 22.8 Å². The maximum Gasteiger partial charge on any atom is 0.243 e. The van der Waals surface area contributed by atoms with Crippen molar-refractivity contribution in [3.63, 3.8) is 0 Å². The molecule has 0 radical (unpaired) electrons. The zero-order valence-corrected chi connectivity index (χ0v) is 14.9. The third kappa shape index (κ3) is 4.56. The summed E-state index contributed by atoms with van der Waals surface area (Å²) in [6.45, 7) is 1.16. The molecule has 1 atom stereocenters. The van der Waals surface area contributed by atoms with E-state index in [0.717, 1.165) is 30.7 Å². The predicted octanol–water partition coefficient (Wildman–Crippen LogP) is 1.66. The van der Waals surface area contributed by atoms with Crippen LogP contribution in [0.2, 0.25) is 0 Å². The standard InChI is InChI=1S/C15H15F3N6O2S/c1-7(27-15-21-22-23-24(15)8-2-3-8)14(26)19-6-11(25)20-10-5-4-9(16)12(17)13(10)18/h4-5,7-8H,2-3,6H2,1H3,(H,19,26)(H,20,25). The first kappa shape index (κ1) is 19.1. The van der Waals surface area contributed by atoms with Crippen molar-refractivity contribution in [2.45, 2.75) is 36.2 Å². The number of hydrogen-bond acceptors (Lipinski definition) is 6. The maximum atomic E-state index is 13.5. The molecule has 1 aromatic heterocycles. The molecule has 1 aromatic carbocycles. The highest BCUT2D eigenvalue weighted by molar-refractivity contribution is 8.00. The molecule has 2 aromatic rings. The number of rotatable bonds is 7. The fourth-order valence-corrected chi connectivity index (χ4v) is 3.03. The summed E-state index contributed by atoms with van der Waals surface area (Å²) in [5.74, 6) is -5.79. The van der Waals surface area contributed by atoms with Gasteiger partial charge in [-0.25, -0.2) is 17.9 Å². The number of benzene rings is 1. The van der Waals surface area contributed by atoms with Gasteiger partial charge in [-0.2, -0.15) is 0 Å². The molecule has 1 saturated carbocycles. The van der Waals surface area contributed by atoms with Crippen LogP contribution >= 0.6 is 11.8 Å². The van der Waals surface area contributed by atoms with Crippen molar-refractivity contribution in [2.24, 2.45) is 0 Å². The van der Waals surface area contributed by atoms with Gasteiger partial charge in [-0.1, -0.05) is 11.8 Å². The Morgan fingerprint density at radius 2 is 2.04 bits per heavy atom. The van der Waals surface area contributed by atoms with Gasteiger partial charge in [-0.15, -0.1) is 5.10 Å². The number of anilines is 1. The summed E-state index contributed by atoms with van der Waals surface area (Å²) in [4.78, 5) is 23.9. The number of halogens is 3. The average molecular weight is 400 g/mol. The number of carbonyl (C=O) groups excluding carboxylic acids is 2. The summed E-state index contributed by atoms with van der Waals surface area (Å²) in [5.41, 5.74) is -0.515. The Hall–Kier alpha value is -2.63. The number of tetrazole rings is 1. The Balaban J connectivity index is 1.50. The lowest BCUT2D eigenvalue weighted by Crippen LogP contribution is -2.37. The van der Waals surface area contributed by atoms with E-state index < -0.39 is 46.7 Å². The summed E-state index contributed by atoms with van der Waals surface area (Å²) in [5, 5.41) is 15.7. The van der Waals surface area contributed by atoms with E-state index in [-0.39, 0.29) is 6.04 Å². The molecule has 1 aliphatic carbocycles. The lowest BCUT2D eigenvalue weighted by molar-refractivity contribution is -0.123. The lowest BCUT2D eigenvalue weighted by atomic mass is 10.2. The molecule has 1 unspecified atom stereocenters. The molecular formula is C15H15F3N6O2S. The van der Waals surface area contributed by atoms with Crippen molar-refractivity contribution in [1.29, 1.82) is 0 Å². The van der Waals surface area contributed by atoms with Gasteiger partial charge in [0.05, 0.1) is 23.5 Å². The van der Waals surface area contributed by atoms with Crippen molar-refractivity contribution >= 4 is 29.3 Å². The Labute approximate surface area is 155 Å². The predicted molar refractivity (Wildman–Crippen MR) is 89.4 cm³/mol. The summed E-state index contributed by atoms with van der Waals surface area (Å²) in [6, 6.07) is 1.84. The second-order valence-electron chi connectivity index (χ2n) is 5.89. The zero-order valence-electron chi connectivity index (χ0n) is 14.1. The second-order valence-corrected chi connectivity index (χ2v) is 7.19. The van der Waals surface area contributed by atoms with Crippen LogP contribution in [0.15, 0.2) is 17.3 Å². The minimum atomic E-state index is -1.68. The summed E-state index contributed by atoms with van der Waals surface area (Å²) >= 11 is 1.15. The van der Waals surface area contributed by atoms with Crippen LogP contribution in [0.4, 0.5) is 18.9 Å². The molecule has 8 nitrogen and oxygen atoms in total. The smallest absolute Gasteiger partial charge is 0.243 e. The molecular weight excluding hydrogens is 385 g/mol. The number of amides is 2. The van der Waals surface area contributed by atoms with Crippen molar-refractivity contribution in [2.75, 3.05) is 11.9 Å². The molecule has 2 amide bonds. The monoisotopic (exact) mass is 400 g/mol. The second kappa shape index (κ2) is 7.94. The van der Waals surface area contributed by atoms with Gasteiger partial charge in [0.1, 0.15) is 0 Å². The van der Waals surface area contributed by atoms with Crippen LogP contribution in [0.1, 0.15) is 25.8 Å². The van der Waals surface area contributed by atoms with Crippen molar-refractivity contribution in [3.8, 4) is 0 Å². The number of hydrogen-bond donors (Lipinski definition) is 2. The van der Waals surface area contributed by atoms with Crippen LogP contribution in [-0.2, 0) is 9.59 Å². The molecule has 0 spiro atoms. The van der Waals surface area contributed by atoms with Gasteiger partial charge < -0.3 is 10.6 Å². The average Bonchev–Trinajstić information content (AvgIpc) is 3.39. The molecule has 0 bridgehead atoms. The summed E-state index contributed by atoms with van der Waals surface area (Å²) < 4.78 is 41.2. The quantitative estimate of drug-likeness (QED) is 0.542. The molecule has 3 rings (SSSR count). The van der Waals surface area contributed by atoms with Gasteiger partial charge in [0.2, 0.25) is 17.0 Å². The molecule has 12 heteroatoms. The van der Waals surface area contributed by atoms with Crippen LogP contribution < -0.4 is 10.6 Å². The van der Waals surface area contributed by atoms with Crippen LogP contribution in [-0.4, -0.2) is 43.8 Å². The maximum absolute atomic E-state index is 13.5. The van der Waals surface area contributed by atoms with E-state index >= 15 is 0 Å². The molecule has 1 fully saturated rings.